The standard InChI is InChI=1S/C15H11BrO4/c1-19-15(18)14-8-6-12(20-14)5-7-13(17)10-3-2-4-11(16)9-10/h2-9H,1H3. The minimum absolute atomic E-state index is 0.0991. The van der Waals surface area contributed by atoms with Crippen LogP contribution in [0.1, 0.15) is 26.7 Å². The van der Waals surface area contributed by atoms with Crippen molar-refractivity contribution in [1.82, 2.24) is 0 Å². The maximum Gasteiger partial charge on any atom is 0.373 e. The second-order valence-corrected chi connectivity index (χ2v) is 4.82. The number of rotatable bonds is 4. The number of methoxy groups -OCH3 is 1. The molecule has 0 radical (unpaired) electrons. The molecule has 5 heteroatoms. The summed E-state index contributed by atoms with van der Waals surface area (Å²) in [5, 5.41) is 0. The summed E-state index contributed by atoms with van der Waals surface area (Å²) in [6, 6.07) is 10.2. The smallest absolute Gasteiger partial charge is 0.373 e. The van der Waals surface area contributed by atoms with Gasteiger partial charge < -0.3 is 9.15 Å². The number of hydrogen-bond acceptors (Lipinski definition) is 4. The number of carbonyl (C=O) groups is 2. The fraction of sp³-hybridized carbons (Fsp3) is 0.0667. The second kappa shape index (κ2) is 6.34. The van der Waals surface area contributed by atoms with Crippen molar-refractivity contribution in [2.24, 2.45) is 0 Å². The Kier molecular flexibility index (Phi) is 4.53. The first-order valence-corrected chi connectivity index (χ1v) is 6.55. The zero-order valence-electron chi connectivity index (χ0n) is 10.6. The lowest BCUT2D eigenvalue weighted by molar-refractivity contribution is 0.0564. The Morgan fingerprint density at radius 2 is 2.05 bits per heavy atom. The van der Waals surface area contributed by atoms with Crippen LogP contribution in [0.5, 0.6) is 0 Å². The van der Waals surface area contributed by atoms with Crippen molar-refractivity contribution < 1.29 is 18.7 Å². The number of esters is 1. The lowest BCUT2D eigenvalue weighted by atomic mass is 10.1. The minimum atomic E-state index is -0.553. The van der Waals surface area contributed by atoms with Gasteiger partial charge in [0.15, 0.2) is 5.78 Å². The Balaban J connectivity index is 2.11. The van der Waals surface area contributed by atoms with E-state index >= 15 is 0 Å². The van der Waals surface area contributed by atoms with Gasteiger partial charge in [-0.3, -0.25) is 4.79 Å². The van der Waals surface area contributed by atoms with Crippen LogP contribution < -0.4 is 0 Å². The van der Waals surface area contributed by atoms with Gasteiger partial charge in [-0.2, -0.15) is 0 Å². The lowest BCUT2D eigenvalue weighted by Gasteiger charge is -1.96. The Morgan fingerprint density at radius 1 is 1.25 bits per heavy atom. The molecule has 0 unspecified atom stereocenters. The molecule has 0 bridgehead atoms. The predicted octanol–water partition coefficient (Wildman–Crippen LogP) is 3.72. The molecule has 1 aromatic heterocycles. The van der Waals surface area contributed by atoms with Crippen LogP contribution in [-0.4, -0.2) is 18.9 Å². The van der Waals surface area contributed by atoms with Crippen molar-refractivity contribution in [2.75, 3.05) is 7.11 Å². The predicted molar refractivity (Wildman–Crippen MR) is 77.6 cm³/mol. The van der Waals surface area contributed by atoms with Gasteiger partial charge in [0.1, 0.15) is 5.76 Å². The van der Waals surface area contributed by atoms with Gasteiger partial charge in [-0.05, 0) is 36.4 Å². The maximum absolute atomic E-state index is 11.9. The van der Waals surface area contributed by atoms with Crippen molar-refractivity contribution in [2.45, 2.75) is 0 Å². The zero-order valence-corrected chi connectivity index (χ0v) is 12.2. The number of halogens is 1. The van der Waals surface area contributed by atoms with E-state index in [1.165, 1.54) is 25.3 Å². The average molecular weight is 335 g/mol. The highest BCUT2D eigenvalue weighted by Crippen LogP contribution is 2.14. The van der Waals surface area contributed by atoms with E-state index in [-0.39, 0.29) is 11.5 Å². The lowest BCUT2D eigenvalue weighted by Crippen LogP contribution is -1.98. The van der Waals surface area contributed by atoms with E-state index in [0.29, 0.717) is 11.3 Å². The quantitative estimate of drug-likeness (QED) is 0.485. The van der Waals surface area contributed by atoms with E-state index in [1.54, 1.807) is 24.3 Å². The largest absolute Gasteiger partial charge is 0.463 e. The summed E-state index contributed by atoms with van der Waals surface area (Å²) in [7, 11) is 1.27. The van der Waals surface area contributed by atoms with Gasteiger partial charge in [0.05, 0.1) is 7.11 Å². The molecule has 2 aromatic rings. The third-order valence-corrected chi connectivity index (χ3v) is 3.01. The van der Waals surface area contributed by atoms with Crippen LogP contribution in [0.4, 0.5) is 0 Å². The van der Waals surface area contributed by atoms with Crippen LogP contribution in [-0.2, 0) is 4.74 Å². The van der Waals surface area contributed by atoms with Crippen molar-refractivity contribution in [1.29, 1.82) is 0 Å². The van der Waals surface area contributed by atoms with E-state index in [9.17, 15) is 9.59 Å². The van der Waals surface area contributed by atoms with Gasteiger partial charge in [0.25, 0.3) is 0 Å². The van der Waals surface area contributed by atoms with E-state index < -0.39 is 5.97 Å². The Hall–Kier alpha value is -2.14. The Bertz CT molecular complexity index is 670. The minimum Gasteiger partial charge on any atom is -0.463 e. The zero-order chi connectivity index (χ0) is 14.5. The van der Waals surface area contributed by atoms with Crippen LogP contribution in [0.3, 0.4) is 0 Å². The third kappa shape index (κ3) is 3.45. The molecule has 4 nitrogen and oxygen atoms in total. The highest BCUT2D eigenvalue weighted by Gasteiger charge is 2.10. The van der Waals surface area contributed by atoms with E-state index in [1.807, 2.05) is 6.07 Å². The Labute approximate surface area is 124 Å². The van der Waals surface area contributed by atoms with Crippen LogP contribution in [0.2, 0.25) is 0 Å². The number of allylic oxidation sites excluding steroid dienone is 1. The number of ketones is 1. The second-order valence-electron chi connectivity index (χ2n) is 3.90. The topological polar surface area (TPSA) is 56.5 Å². The molecule has 0 aliphatic rings. The molecule has 2 rings (SSSR count). The Morgan fingerprint density at radius 3 is 2.75 bits per heavy atom. The first kappa shape index (κ1) is 14.3. The number of ether oxygens (including phenoxy) is 1. The summed E-state index contributed by atoms with van der Waals surface area (Å²) in [5.41, 5.74) is 0.565. The van der Waals surface area contributed by atoms with Crippen molar-refractivity contribution >= 4 is 33.8 Å². The molecule has 102 valence electrons. The maximum atomic E-state index is 11.9. The monoisotopic (exact) mass is 334 g/mol. The molecular formula is C15H11BrO4. The molecule has 1 heterocycles. The van der Waals surface area contributed by atoms with Gasteiger partial charge in [-0.25, -0.2) is 4.79 Å². The molecule has 0 saturated carbocycles. The first-order chi connectivity index (χ1) is 9.60. The van der Waals surface area contributed by atoms with Crippen LogP contribution in [0.15, 0.2) is 51.4 Å². The molecule has 0 saturated heterocycles. The molecule has 0 amide bonds. The highest BCUT2D eigenvalue weighted by atomic mass is 79.9. The van der Waals surface area contributed by atoms with Gasteiger partial charge in [-0.1, -0.05) is 28.1 Å². The van der Waals surface area contributed by atoms with Crippen LogP contribution >= 0.6 is 15.9 Å². The number of hydrogen-bond donors (Lipinski definition) is 0. The average Bonchev–Trinajstić information content (AvgIpc) is 2.92. The summed E-state index contributed by atoms with van der Waals surface area (Å²) in [4.78, 5) is 23.1. The van der Waals surface area contributed by atoms with Crippen LogP contribution in [0, 0.1) is 0 Å². The molecule has 0 N–H and O–H groups in total. The van der Waals surface area contributed by atoms with Crippen LogP contribution in [0.25, 0.3) is 6.08 Å². The third-order valence-electron chi connectivity index (χ3n) is 2.52. The van der Waals surface area contributed by atoms with E-state index in [4.69, 9.17) is 4.42 Å². The summed E-state index contributed by atoms with van der Waals surface area (Å²) in [6.45, 7) is 0. The molecule has 20 heavy (non-hydrogen) atoms. The van der Waals surface area contributed by atoms with E-state index in [2.05, 4.69) is 20.7 Å². The van der Waals surface area contributed by atoms with Gasteiger partial charge >= 0.3 is 5.97 Å². The molecule has 0 aliphatic heterocycles. The fourth-order valence-electron chi connectivity index (χ4n) is 1.55. The SMILES string of the molecule is COC(=O)c1ccc(C=CC(=O)c2cccc(Br)c2)o1. The summed E-state index contributed by atoms with van der Waals surface area (Å²) in [5.74, 6) is -0.193. The molecule has 0 aliphatic carbocycles. The normalized spacial score (nSPS) is 10.7. The fourth-order valence-corrected chi connectivity index (χ4v) is 1.95. The van der Waals surface area contributed by atoms with Crippen molar-refractivity contribution in [3.8, 4) is 0 Å². The summed E-state index contributed by atoms with van der Waals surface area (Å²) in [6.07, 6.45) is 2.90. The number of furan rings is 1. The number of benzene rings is 1. The molecule has 0 atom stereocenters. The van der Waals surface area contributed by atoms with Gasteiger partial charge in [0, 0.05) is 10.0 Å². The van der Waals surface area contributed by atoms with E-state index in [0.717, 1.165) is 4.47 Å². The molecule has 0 fully saturated rings. The summed E-state index contributed by atoms with van der Waals surface area (Å²) < 4.78 is 10.6. The molecule has 1 aromatic carbocycles. The highest BCUT2D eigenvalue weighted by molar-refractivity contribution is 9.10. The summed E-state index contributed by atoms with van der Waals surface area (Å²) >= 11 is 3.31. The van der Waals surface area contributed by atoms with Gasteiger partial charge in [0.2, 0.25) is 5.76 Å². The van der Waals surface area contributed by atoms with Crippen molar-refractivity contribution in [3.05, 3.63) is 64.0 Å². The first-order valence-electron chi connectivity index (χ1n) is 5.76. The number of carbonyl (C=O) groups excluding carboxylic acids is 2. The molecule has 0 spiro atoms. The van der Waals surface area contributed by atoms with Gasteiger partial charge in [-0.15, -0.1) is 0 Å². The molecular weight excluding hydrogens is 324 g/mol. The van der Waals surface area contributed by atoms with Crippen molar-refractivity contribution in [3.63, 3.8) is 0 Å².